The zero-order valence-corrected chi connectivity index (χ0v) is 16.4. The maximum absolute atomic E-state index is 12.9. The first-order valence-corrected chi connectivity index (χ1v) is 8.20. The van der Waals surface area contributed by atoms with Gasteiger partial charge in [-0.1, -0.05) is 30.3 Å². The first kappa shape index (κ1) is 24.6. The van der Waals surface area contributed by atoms with E-state index in [0.29, 0.717) is 19.7 Å². The van der Waals surface area contributed by atoms with Crippen LogP contribution in [0.25, 0.3) is 0 Å². The van der Waals surface area contributed by atoms with Crippen LogP contribution >= 0.6 is 24.8 Å². The lowest BCUT2D eigenvalue weighted by Crippen LogP contribution is -2.31. The maximum atomic E-state index is 12.9. The van der Waals surface area contributed by atoms with Crippen molar-refractivity contribution in [2.45, 2.75) is 26.2 Å². The number of ether oxygens (including phenoxy) is 1. The van der Waals surface area contributed by atoms with Crippen molar-refractivity contribution in [3.8, 4) is 5.75 Å². The molecule has 0 aromatic heterocycles. The predicted octanol–water partition coefficient (Wildman–Crippen LogP) is 3.31. The van der Waals surface area contributed by atoms with Gasteiger partial charge < -0.3 is 20.5 Å². The summed E-state index contributed by atoms with van der Waals surface area (Å²) < 4.78 is 18.8. The molecule has 146 valence electrons. The van der Waals surface area contributed by atoms with Crippen LogP contribution in [-0.2, 0) is 13.2 Å². The van der Waals surface area contributed by atoms with E-state index in [1.807, 2.05) is 24.3 Å². The van der Waals surface area contributed by atoms with Crippen LogP contribution in [0.1, 0.15) is 18.1 Å². The van der Waals surface area contributed by atoms with Crippen LogP contribution in [0, 0.1) is 5.82 Å². The number of aliphatic hydroxyl groups excluding tert-OH is 1. The molecule has 7 heteroatoms. The summed E-state index contributed by atoms with van der Waals surface area (Å²) in [6.07, 6.45) is -0.328. The Labute approximate surface area is 167 Å². The molecule has 0 saturated carbocycles. The van der Waals surface area contributed by atoms with Gasteiger partial charge in [-0.2, -0.15) is 0 Å². The summed E-state index contributed by atoms with van der Waals surface area (Å²) in [6.45, 7) is 5.07. The summed E-state index contributed by atoms with van der Waals surface area (Å²) in [5.74, 6) is 0.582. The third kappa shape index (κ3) is 9.36. The fourth-order valence-corrected chi connectivity index (χ4v) is 2.24. The lowest BCUT2D eigenvalue weighted by atomic mass is 10.2. The lowest BCUT2D eigenvalue weighted by Gasteiger charge is -2.13. The largest absolute Gasteiger partial charge is 0.489 e. The number of para-hydroxylation sites is 1. The smallest absolute Gasteiger partial charge is 0.124 e. The Morgan fingerprint density at radius 3 is 2.35 bits per heavy atom. The van der Waals surface area contributed by atoms with Gasteiger partial charge >= 0.3 is 0 Å². The molecule has 0 heterocycles. The standard InChI is InChI=1S/C19H25FN2O2.2ClH/c1-15(23)12-21-10-11-22-13-17-4-2-3-5-19(17)24-14-16-6-8-18(20)9-7-16;;/h2-9,15,21-23H,10-14H2,1H3;2*1H. The van der Waals surface area contributed by atoms with Crippen molar-refractivity contribution in [3.63, 3.8) is 0 Å². The van der Waals surface area contributed by atoms with Crippen LogP contribution in [0.5, 0.6) is 5.75 Å². The van der Waals surface area contributed by atoms with E-state index in [2.05, 4.69) is 10.6 Å². The van der Waals surface area contributed by atoms with E-state index in [4.69, 9.17) is 4.74 Å². The monoisotopic (exact) mass is 404 g/mol. The van der Waals surface area contributed by atoms with Gasteiger partial charge in [0, 0.05) is 31.7 Å². The van der Waals surface area contributed by atoms with Crippen molar-refractivity contribution in [2.24, 2.45) is 0 Å². The molecule has 2 aromatic carbocycles. The molecule has 1 atom stereocenters. The van der Waals surface area contributed by atoms with Crippen LogP contribution < -0.4 is 15.4 Å². The zero-order chi connectivity index (χ0) is 17.2. The fraction of sp³-hybridized carbons (Fsp3) is 0.368. The number of hydrogen-bond acceptors (Lipinski definition) is 4. The van der Waals surface area contributed by atoms with Gasteiger partial charge in [0.25, 0.3) is 0 Å². The first-order chi connectivity index (χ1) is 11.6. The molecule has 0 radical (unpaired) electrons. The van der Waals surface area contributed by atoms with Gasteiger partial charge in [-0.05, 0) is 30.7 Å². The summed E-state index contributed by atoms with van der Waals surface area (Å²) in [5.41, 5.74) is 2.01. The Morgan fingerprint density at radius 1 is 1.00 bits per heavy atom. The average molecular weight is 405 g/mol. The highest BCUT2D eigenvalue weighted by molar-refractivity contribution is 5.85. The molecule has 0 fully saturated rings. The molecule has 0 bridgehead atoms. The Balaban J connectivity index is 0.00000312. The molecule has 4 nitrogen and oxygen atoms in total. The third-order valence-corrected chi connectivity index (χ3v) is 3.51. The number of aliphatic hydroxyl groups is 1. The Bertz CT molecular complexity index is 613. The minimum atomic E-state index is -0.328. The van der Waals surface area contributed by atoms with Gasteiger partial charge in [-0.3, -0.25) is 0 Å². The molecular weight excluding hydrogens is 378 g/mol. The van der Waals surface area contributed by atoms with Crippen molar-refractivity contribution in [1.82, 2.24) is 10.6 Å². The molecule has 0 spiro atoms. The van der Waals surface area contributed by atoms with E-state index in [-0.39, 0.29) is 36.7 Å². The van der Waals surface area contributed by atoms with Gasteiger partial charge in [-0.25, -0.2) is 4.39 Å². The van der Waals surface area contributed by atoms with Crippen molar-refractivity contribution < 1.29 is 14.2 Å². The minimum absolute atomic E-state index is 0. The topological polar surface area (TPSA) is 53.5 Å². The Morgan fingerprint density at radius 2 is 1.65 bits per heavy atom. The van der Waals surface area contributed by atoms with E-state index in [1.54, 1.807) is 19.1 Å². The van der Waals surface area contributed by atoms with Crippen molar-refractivity contribution in [2.75, 3.05) is 19.6 Å². The summed E-state index contributed by atoms with van der Waals surface area (Å²) in [7, 11) is 0. The molecule has 0 aliphatic carbocycles. The summed E-state index contributed by atoms with van der Waals surface area (Å²) in [4.78, 5) is 0. The van der Waals surface area contributed by atoms with Crippen LogP contribution in [0.3, 0.4) is 0 Å². The van der Waals surface area contributed by atoms with Gasteiger partial charge in [0.1, 0.15) is 18.2 Å². The normalized spacial score (nSPS) is 11.2. The second-order valence-electron chi connectivity index (χ2n) is 5.75. The molecule has 0 saturated heterocycles. The van der Waals surface area contributed by atoms with Gasteiger partial charge in [0.2, 0.25) is 0 Å². The lowest BCUT2D eigenvalue weighted by molar-refractivity contribution is 0.191. The highest BCUT2D eigenvalue weighted by Gasteiger charge is 2.03. The van der Waals surface area contributed by atoms with E-state index in [0.717, 1.165) is 30.0 Å². The summed E-state index contributed by atoms with van der Waals surface area (Å²) >= 11 is 0. The second-order valence-corrected chi connectivity index (χ2v) is 5.75. The number of hydrogen-bond donors (Lipinski definition) is 3. The zero-order valence-electron chi connectivity index (χ0n) is 14.8. The van der Waals surface area contributed by atoms with E-state index in [9.17, 15) is 9.50 Å². The van der Waals surface area contributed by atoms with Crippen LogP contribution in [0.4, 0.5) is 4.39 Å². The third-order valence-electron chi connectivity index (χ3n) is 3.51. The van der Waals surface area contributed by atoms with Gasteiger partial charge in [0.05, 0.1) is 6.10 Å². The highest BCUT2D eigenvalue weighted by Crippen LogP contribution is 2.19. The molecule has 2 rings (SSSR count). The Kier molecular flexibility index (Phi) is 13.1. The van der Waals surface area contributed by atoms with E-state index >= 15 is 0 Å². The second kappa shape index (κ2) is 13.8. The quantitative estimate of drug-likeness (QED) is 0.531. The maximum Gasteiger partial charge on any atom is 0.124 e. The van der Waals surface area contributed by atoms with E-state index in [1.165, 1.54) is 12.1 Å². The van der Waals surface area contributed by atoms with Crippen LogP contribution in [0.15, 0.2) is 48.5 Å². The molecule has 26 heavy (non-hydrogen) atoms. The Hall–Kier alpha value is -1.37. The average Bonchev–Trinajstić information content (AvgIpc) is 2.58. The molecular formula is C19H27Cl2FN2O2. The molecule has 0 amide bonds. The number of halogens is 3. The van der Waals surface area contributed by atoms with Gasteiger partial charge in [0.15, 0.2) is 0 Å². The van der Waals surface area contributed by atoms with Gasteiger partial charge in [-0.15, -0.1) is 24.8 Å². The summed E-state index contributed by atoms with van der Waals surface area (Å²) in [5, 5.41) is 15.7. The van der Waals surface area contributed by atoms with Crippen molar-refractivity contribution in [1.29, 1.82) is 0 Å². The first-order valence-electron chi connectivity index (χ1n) is 8.20. The molecule has 1 unspecified atom stereocenters. The van der Waals surface area contributed by atoms with Crippen molar-refractivity contribution >= 4 is 24.8 Å². The van der Waals surface area contributed by atoms with Crippen molar-refractivity contribution in [3.05, 3.63) is 65.5 Å². The molecule has 2 aromatic rings. The highest BCUT2D eigenvalue weighted by atomic mass is 35.5. The summed E-state index contributed by atoms with van der Waals surface area (Å²) in [6, 6.07) is 14.2. The predicted molar refractivity (Wildman–Crippen MR) is 108 cm³/mol. The SMILES string of the molecule is CC(O)CNCCNCc1ccccc1OCc1ccc(F)cc1.Cl.Cl. The number of benzene rings is 2. The number of nitrogens with one attached hydrogen (secondary N) is 2. The molecule has 0 aliphatic heterocycles. The van der Waals surface area contributed by atoms with Crippen LogP contribution in [-0.4, -0.2) is 30.8 Å². The molecule has 0 aliphatic rings. The number of rotatable bonds is 10. The van der Waals surface area contributed by atoms with E-state index < -0.39 is 0 Å². The minimum Gasteiger partial charge on any atom is -0.489 e. The molecule has 3 N–H and O–H groups in total. The fourth-order valence-electron chi connectivity index (χ4n) is 2.24. The van der Waals surface area contributed by atoms with Crippen LogP contribution in [0.2, 0.25) is 0 Å².